The molecule has 2 rings (SSSR count). The lowest BCUT2D eigenvalue weighted by Crippen LogP contribution is -2.37. The highest BCUT2D eigenvalue weighted by Crippen LogP contribution is 2.22. The summed E-state index contributed by atoms with van der Waals surface area (Å²) in [7, 11) is 0. The molecule has 0 saturated heterocycles. The van der Waals surface area contributed by atoms with Gasteiger partial charge in [-0.2, -0.15) is 0 Å². The molecule has 1 atom stereocenters. The summed E-state index contributed by atoms with van der Waals surface area (Å²) in [6.45, 7) is 0. The van der Waals surface area contributed by atoms with Gasteiger partial charge >= 0.3 is 0 Å². The number of hydrogen-bond donors (Lipinski definition) is 2. The van der Waals surface area contributed by atoms with Crippen molar-refractivity contribution in [3.63, 3.8) is 0 Å². The Hall–Kier alpha value is -0.390. The molecule has 0 saturated carbocycles. The standard InChI is InChI=1S/C15H21IN2/c16-14-8-6-13(7-9-14)11-15(18-17)10-12-4-2-1-3-5-12/h4,6-9,15,18H,1-3,5,10-11,17H2. The second-order valence-electron chi connectivity index (χ2n) is 5.01. The fraction of sp³-hybridized carbons (Fsp3) is 0.467. The van der Waals surface area contributed by atoms with Crippen LogP contribution in [0.1, 0.15) is 37.7 Å². The number of hydrazine groups is 1. The monoisotopic (exact) mass is 356 g/mol. The van der Waals surface area contributed by atoms with Gasteiger partial charge in [0, 0.05) is 9.61 Å². The minimum Gasteiger partial charge on any atom is -0.271 e. The average Bonchev–Trinajstić information content (AvgIpc) is 2.41. The predicted molar refractivity (Wildman–Crippen MR) is 85.1 cm³/mol. The summed E-state index contributed by atoms with van der Waals surface area (Å²) < 4.78 is 1.28. The van der Waals surface area contributed by atoms with E-state index in [0.29, 0.717) is 6.04 Å². The van der Waals surface area contributed by atoms with Gasteiger partial charge in [0.15, 0.2) is 0 Å². The molecule has 0 spiro atoms. The quantitative estimate of drug-likeness (QED) is 0.367. The van der Waals surface area contributed by atoms with Gasteiger partial charge in [0.05, 0.1) is 0 Å². The van der Waals surface area contributed by atoms with E-state index in [2.05, 4.69) is 58.4 Å². The first kappa shape index (κ1) is 14.0. The lowest BCUT2D eigenvalue weighted by Gasteiger charge is -2.20. The van der Waals surface area contributed by atoms with Crippen LogP contribution in [0.3, 0.4) is 0 Å². The first-order chi connectivity index (χ1) is 8.78. The third kappa shape index (κ3) is 4.37. The molecule has 3 N–H and O–H groups in total. The molecule has 0 aromatic heterocycles. The second kappa shape index (κ2) is 7.26. The van der Waals surface area contributed by atoms with Crippen molar-refractivity contribution < 1.29 is 0 Å². The molecular formula is C15H21IN2. The van der Waals surface area contributed by atoms with E-state index in [1.807, 2.05) is 0 Å². The number of halogens is 1. The zero-order chi connectivity index (χ0) is 12.8. The van der Waals surface area contributed by atoms with Crippen LogP contribution in [-0.2, 0) is 6.42 Å². The zero-order valence-corrected chi connectivity index (χ0v) is 12.8. The Morgan fingerprint density at radius 3 is 2.56 bits per heavy atom. The lowest BCUT2D eigenvalue weighted by atomic mass is 9.92. The number of allylic oxidation sites excluding steroid dienone is 1. The molecule has 0 amide bonds. The molecule has 3 heteroatoms. The van der Waals surface area contributed by atoms with Crippen LogP contribution >= 0.6 is 22.6 Å². The highest BCUT2D eigenvalue weighted by molar-refractivity contribution is 14.1. The number of hydrogen-bond acceptors (Lipinski definition) is 2. The molecular weight excluding hydrogens is 335 g/mol. The van der Waals surface area contributed by atoms with Crippen molar-refractivity contribution in [3.8, 4) is 0 Å². The van der Waals surface area contributed by atoms with Gasteiger partial charge < -0.3 is 0 Å². The van der Waals surface area contributed by atoms with Crippen LogP contribution in [-0.4, -0.2) is 6.04 Å². The minimum absolute atomic E-state index is 0.356. The third-order valence-corrected chi connectivity index (χ3v) is 4.24. The molecule has 1 aliphatic rings. The fourth-order valence-electron chi connectivity index (χ4n) is 2.50. The molecule has 18 heavy (non-hydrogen) atoms. The van der Waals surface area contributed by atoms with E-state index in [1.165, 1.54) is 34.8 Å². The van der Waals surface area contributed by atoms with Gasteiger partial charge in [-0.15, -0.1) is 0 Å². The van der Waals surface area contributed by atoms with E-state index in [1.54, 1.807) is 5.57 Å². The van der Waals surface area contributed by atoms with Crippen molar-refractivity contribution in [2.75, 3.05) is 0 Å². The predicted octanol–water partition coefficient (Wildman–Crippen LogP) is 3.56. The molecule has 0 heterocycles. The number of nitrogens with two attached hydrogens (primary N) is 1. The van der Waals surface area contributed by atoms with Gasteiger partial charge in [-0.25, -0.2) is 0 Å². The van der Waals surface area contributed by atoms with Crippen molar-refractivity contribution in [1.29, 1.82) is 0 Å². The summed E-state index contributed by atoms with van der Waals surface area (Å²) >= 11 is 2.33. The molecule has 1 unspecified atom stereocenters. The molecule has 98 valence electrons. The van der Waals surface area contributed by atoms with Crippen LogP contribution in [0, 0.1) is 3.57 Å². The summed E-state index contributed by atoms with van der Waals surface area (Å²) in [6, 6.07) is 9.06. The largest absolute Gasteiger partial charge is 0.271 e. The third-order valence-electron chi connectivity index (χ3n) is 3.52. The Bertz CT molecular complexity index is 397. The Morgan fingerprint density at radius 1 is 1.17 bits per heavy atom. The van der Waals surface area contributed by atoms with Crippen molar-refractivity contribution in [1.82, 2.24) is 5.43 Å². The zero-order valence-electron chi connectivity index (χ0n) is 10.7. The normalized spacial score (nSPS) is 17.3. The van der Waals surface area contributed by atoms with Gasteiger partial charge in [0.2, 0.25) is 0 Å². The van der Waals surface area contributed by atoms with Crippen molar-refractivity contribution in [3.05, 3.63) is 45.0 Å². The lowest BCUT2D eigenvalue weighted by molar-refractivity contribution is 0.505. The molecule has 0 fully saturated rings. The fourth-order valence-corrected chi connectivity index (χ4v) is 2.86. The van der Waals surface area contributed by atoms with Crippen LogP contribution in [0.25, 0.3) is 0 Å². The maximum atomic E-state index is 5.69. The highest BCUT2D eigenvalue weighted by atomic mass is 127. The Kier molecular flexibility index (Phi) is 5.66. The SMILES string of the molecule is NNC(CC1=CCCCC1)Cc1ccc(I)cc1. The molecule has 0 bridgehead atoms. The topological polar surface area (TPSA) is 38.0 Å². The first-order valence-corrected chi connectivity index (χ1v) is 7.74. The van der Waals surface area contributed by atoms with Crippen LogP contribution in [0.5, 0.6) is 0 Å². The van der Waals surface area contributed by atoms with E-state index >= 15 is 0 Å². The Balaban J connectivity index is 1.92. The van der Waals surface area contributed by atoms with Gasteiger partial charge in [0.1, 0.15) is 0 Å². The number of benzene rings is 1. The number of rotatable bonds is 5. The maximum absolute atomic E-state index is 5.69. The molecule has 0 aliphatic heterocycles. The van der Waals surface area contributed by atoms with E-state index in [9.17, 15) is 0 Å². The molecule has 1 aromatic carbocycles. The van der Waals surface area contributed by atoms with Crippen LogP contribution in [0.15, 0.2) is 35.9 Å². The summed E-state index contributed by atoms with van der Waals surface area (Å²) in [4.78, 5) is 0. The Labute approximate surface area is 123 Å². The molecule has 1 aromatic rings. The summed E-state index contributed by atoms with van der Waals surface area (Å²) in [5.41, 5.74) is 5.90. The van der Waals surface area contributed by atoms with Crippen LogP contribution in [0.4, 0.5) is 0 Å². The van der Waals surface area contributed by atoms with Gasteiger partial charge in [0.25, 0.3) is 0 Å². The molecule has 0 radical (unpaired) electrons. The first-order valence-electron chi connectivity index (χ1n) is 6.66. The number of nitrogens with one attached hydrogen (secondary N) is 1. The van der Waals surface area contributed by atoms with E-state index in [0.717, 1.165) is 12.8 Å². The second-order valence-corrected chi connectivity index (χ2v) is 6.25. The summed E-state index contributed by atoms with van der Waals surface area (Å²) in [5, 5.41) is 0. The summed E-state index contributed by atoms with van der Waals surface area (Å²) in [6.07, 6.45) is 9.68. The molecule has 2 nitrogen and oxygen atoms in total. The van der Waals surface area contributed by atoms with Crippen molar-refractivity contribution >= 4 is 22.6 Å². The average molecular weight is 356 g/mol. The minimum atomic E-state index is 0.356. The van der Waals surface area contributed by atoms with E-state index < -0.39 is 0 Å². The van der Waals surface area contributed by atoms with Crippen LogP contribution in [0.2, 0.25) is 0 Å². The van der Waals surface area contributed by atoms with Crippen molar-refractivity contribution in [2.45, 2.75) is 44.6 Å². The molecule has 1 aliphatic carbocycles. The smallest absolute Gasteiger partial charge is 0.0288 e. The summed E-state index contributed by atoms with van der Waals surface area (Å²) in [5.74, 6) is 5.69. The van der Waals surface area contributed by atoms with Gasteiger partial charge in [-0.3, -0.25) is 11.3 Å². The van der Waals surface area contributed by atoms with Crippen molar-refractivity contribution in [2.24, 2.45) is 5.84 Å². The van der Waals surface area contributed by atoms with E-state index in [-0.39, 0.29) is 0 Å². The van der Waals surface area contributed by atoms with Crippen LogP contribution < -0.4 is 11.3 Å². The highest BCUT2D eigenvalue weighted by Gasteiger charge is 2.12. The van der Waals surface area contributed by atoms with Gasteiger partial charge in [-0.05, 0) is 78.8 Å². The van der Waals surface area contributed by atoms with E-state index in [4.69, 9.17) is 5.84 Å². The maximum Gasteiger partial charge on any atom is 0.0288 e. The Morgan fingerprint density at radius 2 is 1.94 bits per heavy atom. The van der Waals surface area contributed by atoms with Gasteiger partial charge in [-0.1, -0.05) is 23.8 Å².